The van der Waals surface area contributed by atoms with Crippen LogP contribution in [0.5, 0.6) is 0 Å². The Labute approximate surface area is 130 Å². The van der Waals surface area contributed by atoms with Gasteiger partial charge in [0.25, 0.3) is 0 Å². The molecule has 2 heterocycles. The Hall–Kier alpha value is -2.44. The highest BCUT2D eigenvalue weighted by Crippen LogP contribution is 2.44. The zero-order valence-corrected chi connectivity index (χ0v) is 12.6. The van der Waals surface area contributed by atoms with Crippen molar-refractivity contribution < 1.29 is 17.6 Å². The van der Waals surface area contributed by atoms with Crippen LogP contribution in [0.3, 0.4) is 0 Å². The van der Waals surface area contributed by atoms with Crippen LogP contribution in [-0.4, -0.2) is 15.9 Å². The third-order valence-electron chi connectivity index (χ3n) is 3.83. The summed E-state index contributed by atoms with van der Waals surface area (Å²) in [6, 6.07) is 5.58. The molecule has 3 rings (SSSR count). The number of aliphatic imine (C=N–C) groups is 1. The number of rotatable bonds is 2. The van der Waals surface area contributed by atoms with Crippen molar-refractivity contribution in [3.63, 3.8) is 0 Å². The Kier molecular flexibility index (Phi) is 3.79. The summed E-state index contributed by atoms with van der Waals surface area (Å²) in [7, 11) is 0. The van der Waals surface area contributed by atoms with Crippen LogP contribution in [0.1, 0.15) is 43.2 Å². The molecule has 0 radical (unpaired) electrons. The summed E-state index contributed by atoms with van der Waals surface area (Å²) in [5, 5.41) is 7.49. The molecule has 1 atom stereocenters. The molecule has 120 valence electrons. The lowest BCUT2D eigenvalue weighted by molar-refractivity contribution is -0.138. The summed E-state index contributed by atoms with van der Waals surface area (Å²) in [5.74, 6) is -0.313. The first-order chi connectivity index (χ1) is 10.9. The van der Waals surface area contributed by atoms with Gasteiger partial charge in [-0.3, -0.25) is 4.99 Å². The van der Waals surface area contributed by atoms with Crippen LogP contribution >= 0.6 is 0 Å². The first kappa shape index (κ1) is 15.5. The van der Waals surface area contributed by atoms with Crippen molar-refractivity contribution in [1.82, 2.24) is 10.2 Å². The van der Waals surface area contributed by atoms with Crippen LogP contribution in [0.25, 0.3) is 5.57 Å². The van der Waals surface area contributed by atoms with Crippen molar-refractivity contribution in [3.05, 3.63) is 53.4 Å². The quantitative estimate of drug-likeness (QED) is 0.820. The molecular formula is C16H14F3N3O. The molecule has 1 aliphatic heterocycles. The lowest BCUT2D eigenvalue weighted by Gasteiger charge is -2.26. The monoisotopic (exact) mass is 321 g/mol. The number of benzene rings is 1. The van der Waals surface area contributed by atoms with Crippen molar-refractivity contribution >= 4 is 11.3 Å². The van der Waals surface area contributed by atoms with Crippen molar-refractivity contribution in [2.75, 3.05) is 0 Å². The van der Waals surface area contributed by atoms with E-state index < -0.39 is 17.7 Å². The maximum atomic E-state index is 13.4. The smallest absolute Gasteiger partial charge is 0.416 e. The normalized spacial score (nSPS) is 19.0. The average molecular weight is 321 g/mol. The molecule has 0 aliphatic carbocycles. The summed E-state index contributed by atoms with van der Waals surface area (Å²) in [6.45, 7) is 3.54. The van der Waals surface area contributed by atoms with Gasteiger partial charge in [0.2, 0.25) is 12.3 Å². The van der Waals surface area contributed by atoms with E-state index in [1.54, 1.807) is 19.9 Å². The second-order valence-corrected chi connectivity index (χ2v) is 5.43. The van der Waals surface area contributed by atoms with E-state index in [1.807, 2.05) is 0 Å². The van der Waals surface area contributed by atoms with Gasteiger partial charge in [0.1, 0.15) is 0 Å². The molecule has 0 saturated carbocycles. The number of alkyl halides is 3. The van der Waals surface area contributed by atoms with Crippen molar-refractivity contribution in [3.8, 4) is 0 Å². The first-order valence-corrected chi connectivity index (χ1v) is 7.05. The minimum absolute atomic E-state index is 0.196. The van der Waals surface area contributed by atoms with Crippen molar-refractivity contribution in [2.24, 2.45) is 4.99 Å². The average Bonchev–Trinajstić information content (AvgIpc) is 2.99. The molecule has 23 heavy (non-hydrogen) atoms. The van der Waals surface area contributed by atoms with Gasteiger partial charge in [0.15, 0.2) is 0 Å². The summed E-state index contributed by atoms with van der Waals surface area (Å²) >= 11 is 0. The predicted molar refractivity (Wildman–Crippen MR) is 78.8 cm³/mol. The van der Waals surface area contributed by atoms with E-state index in [0.717, 1.165) is 18.2 Å². The molecule has 0 amide bonds. The molecule has 0 N–H and O–H groups in total. The standard InChI is InChI=1S/C16H14F3N3O/c1-9-7-12(11-5-3-4-6-13(11)16(17,18)19)14(10(2)21-9)15-22-20-8-23-15/h3-6,8,12H,7H2,1-2H3. The van der Waals surface area contributed by atoms with Gasteiger partial charge in [-0.1, -0.05) is 18.2 Å². The van der Waals surface area contributed by atoms with Gasteiger partial charge in [0.05, 0.1) is 5.56 Å². The zero-order valence-electron chi connectivity index (χ0n) is 12.6. The maximum absolute atomic E-state index is 13.4. The van der Waals surface area contributed by atoms with Gasteiger partial charge in [-0.05, 0) is 31.9 Å². The van der Waals surface area contributed by atoms with Gasteiger partial charge in [-0.2, -0.15) is 13.2 Å². The summed E-state index contributed by atoms with van der Waals surface area (Å²) < 4.78 is 45.3. The number of nitrogens with zero attached hydrogens (tertiary/aromatic N) is 3. The molecule has 7 heteroatoms. The second kappa shape index (κ2) is 5.64. The van der Waals surface area contributed by atoms with Crippen LogP contribution in [-0.2, 0) is 6.18 Å². The van der Waals surface area contributed by atoms with Gasteiger partial charge in [0, 0.05) is 22.9 Å². The fourth-order valence-electron chi connectivity index (χ4n) is 2.96. The SMILES string of the molecule is CC1=NC(C)=C(c2nnco2)C(c2ccccc2C(F)(F)F)C1. The highest BCUT2D eigenvalue weighted by atomic mass is 19.4. The van der Waals surface area contributed by atoms with E-state index in [-0.39, 0.29) is 11.5 Å². The fourth-order valence-corrected chi connectivity index (χ4v) is 2.96. The Morgan fingerprint density at radius 3 is 2.57 bits per heavy atom. The molecule has 4 nitrogen and oxygen atoms in total. The summed E-state index contributed by atoms with van der Waals surface area (Å²) in [5.41, 5.74) is 1.46. The van der Waals surface area contributed by atoms with E-state index in [0.29, 0.717) is 17.7 Å². The van der Waals surface area contributed by atoms with Crippen molar-refractivity contribution in [1.29, 1.82) is 0 Å². The van der Waals surface area contributed by atoms with Gasteiger partial charge in [-0.15, -0.1) is 10.2 Å². The molecule has 2 aromatic rings. The van der Waals surface area contributed by atoms with E-state index in [4.69, 9.17) is 4.42 Å². The summed E-state index contributed by atoms with van der Waals surface area (Å²) in [4.78, 5) is 4.37. The van der Waals surface area contributed by atoms with Crippen LogP contribution in [0, 0.1) is 0 Å². The Bertz CT molecular complexity index is 776. The predicted octanol–water partition coefficient (Wildman–Crippen LogP) is 4.47. The van der Waals surface area contributed by atoms with E-state index in [1.165, 1.54) is 12.1 Å². The number of hydrogen-bond acceptors (Lipinski definition) is 4. The number of halogens is 3. The number of hydrogen-bond donors (Lipinski definition) is 0. The van der Waals surface area contributed by atoms with Crippen LogP contribution in [0.15, 0.2) is 45.8 Å². The van der Waals surface area contributed by atoms with Gasteiger partial charge >= 0.3 is 6.18 Å². The zero-order chi connectivity index (χ0) is 16.6. The number of allylic oxidation sites excluding steroid dienone is 2. The maximum Gasteiger partial charge on any atom is 0.416 e. The van der Waals surface area contributed by atoms with E-state index in [2.05, 4.69) is 15.2 Å². The molecule has 0 bridgehead atoms. The minimum atomic E-state index is -4.42. The fraction of sp³-hybridized carbons (Fsp3) is 0.312. The third-order valence-corrected chi connectivity index (χ3v) is 3.83. The van der Waals surface area contributed by atoms with E-state index in [9.17, 15) is 13.2 Å². The summed E-state index contributed by atoms with van der Waals surface area (Å²) in [6.07, 6.45) is -2.89. The molecule has 0 saturated heterocycles. The van der Waals surface area contributed by atoms with Crippen molar-refractivity contribution in [2.45, 2.75) is 32.4 Å². The molecule has 0 fully saturated rings. The third kappa shape index (κ3) is 2.91. The second-order valence-electron chi connectivity index (χ2n) is 5.43. The minimum Gasteiger partial charge on any atom is -0.424 e. The Morgan fingerprint density at radius 1 is 1.17 bits per heavy atom. The van der Waals surface area contributed by atoms with Crippen LogP contribution < -0.4 is 0 Å². The van der Waals surface area contributed by atoms with Gasteiger partial charge < -0.3 is 4.42 Å². The Balaban J connectivity index is 2.18. The molecule has 1 aromatic heterocycles. The molecule has 1 unspecified atom stereocenters. The number of aromatic nitrogens is 2. The lowest BCUT2D eigenvalue weighted by atomic mass is 9.81. The lowest BCUT2D eigenvalue weighted by Crippen LogP contribution is -2.18. The van der Waals surface area contributed by atoms with Gasteiger partial charge in [-0.25, -0.2) is 0 Å². The highest BCUT2D eigenvalue weighted by molar-refractivity contribution is 5.90. The highest BCUT2D eigenvalue weighted by Gasteiger charge is 2.38. The van der Waals surface area contributed by atoms with E-state index >= 15 is 0 Å². The van der Waals surface area contributed by atoms with Crippen LogP contribution in [0.4, 0.5) is 13.2 Å². The molecule has 1 aromatic carbocycles. The molecular weight excluding hydrogens is 307 g/mol. The van der Waals surface area contributed by atoms with Crippen LogP contribution in [0.2, 0.25) is 0 Å². The molecule has 1 aliphatic rings. The first-order valence-electron chi connectivity index (χ1n) is 7.05. The molecule has 0 spiro atoms. The Morgan fingerprint density at radius 2 is 1.91 bits per heavy atom. The topological polar surface area (TPSA) is 51.3 Å². The largest absolute Gasteiger partial charge is 0.424 e.